The van der Waals surface area contributed by atoms with Gasteiger partial charge in [0.25, 0.3) is 0 Å². The van der Waals surface area contributed by atoms with Crippen LogP contribution in [0.4, 0.5) is 0 Å². The molecule has 2 rings (SSSR count). The lowest BCUT2D eigenvalue weighted by atomic mass is 10.1. The van der Waals surface area contributed by atoms with Gasteiger partial charge in [-0.3, -0.25) is 0 Å². The smallest absolute Gasteiger partial charge is 0.0991 e. The van der Waals surface area contributed by atoms with E-state index in [4.69, 9.17) is 5.26 Å². The molecule has 1 saturated heterocycles. The number of nitrogens with zero attached hydrogens (tertiary/aromatic N) is 1. The van der Waals surface area contributed by atoms with Gasteiger partial charge in [-0.15, -0.1) is 0 Å². The summed E-state index contributed by atoms with van der Waals surface area (Å²) in [4.78, 5) is 0. The highest BCUT2D eigenvalue weighted by Gasteiger charge is 2.12. The Morgan fingerprint density at radius 1 is 1.50 bits per heavy atom. The molecule has 0 amide bonds. The molecule has 0 aliphatic carbocycles. The molecule has 0 radical (unpaired) electrons. The van der Waals surface area contributed by atoms with Crippen molar-refractivity contribution >= 4 is 11.8 Å². The van der Waals surface area contributed by atoms with E-state index in [2.05, 4.69) is 17.5 Å². The molecule has 2 nitrogen and oxygen atoms in total. The summed E-state index contributed by atoms with van der Waals surface area (Å²) in [7, 11) is 0. The first-order chi connectivity index (χ1) is 7.88. The molecule has 0 aromatic heterocycles. The van der Waals surface area contributed by atoms with Crippen molar-refractivity contribution in [3.63, 3.8) is 0 Å². The van der Waals surface area contributed by atoms with Gasteiger partial charge in [-0.2, -0.15) is 17.0 Å². The Morgan fingerprint density at radius 3 is 3.19 bits per heavy atom. The molecular formula is C13H16N2S. The van der Waals surface area contributed by atoms with E-state index in [1.165, 1.54) is 29.9 Å². The summed E-state index contributed by atoms with van der Waals surface area (Å²) in [6.45, 7) is 0.876. The van der Waals surface area contributed by atoms with Crippen LogP contribution in [0.15, 0.2) is 24.3 Å². The van der Waals surface area contributed by atoms with E-state index in [1.54, 1.807) is 0 Å². The highest BCUT2D eigenvalue weighted by Crippen LogP contribution is 2.17. The second-order valence-corrected chi connectivity index (χ2v) is 5.26. The minimum atomic E-state index is 0.643. The van der Waals surface area contributed by atoms with Crippen LogP contribution in [0.1, 0.15) is 24.0 Å². The Bertz CT molecular complexity index is 378. The maximum atomic E-state index is 8.81. The Morgan fingerprint density at radius 2 is 2.44 bits per heavy atom. The number of hydrogen-bond donors (Lipinski definition) is 1. The summed E-state index contributed by atoms with van der Waals surface area (Å²) >= 11 is 2.03. The van der Waals surface area contributed by atoms with Crippen molar-refractivity contribution in [1.29, 1.82) is 5.26 Å². The largest absolute Gasteiger partial charge is 0.309 e. The molecule has 3 heteroatoms. The Hall–Kier alpha value is -0.980. The Balaban J connectivity index is 1.86. The van der Waals surface area contributed by atoms with Crippen LogP contribution in [-0.4, -0.2) is 17.5 Å². The van der Waals surface area contributed by atoms with Crippen LogP contribution in [0.2, 0.25) is 0 Å². The molecule has 1 atom stereocenters. The van der Waals surface area contributed by atoms with Crippen LogP contribution < -0.4 is 5.32 Å². The molecule has 1 unspecified atom stereocenters. The quantitative estimate of drug-likeness (QED) is 0.870. The molecule has 1 aliphatic heterocycles. The van der Waals surface area contributed by atoms with Crippen molar-refractivity contribution in [2.75, 3.05) is 11.5 Å². The van der Waals surface area contributed by atoms with Gasteiger partial charge in [0, 0.05) is 18.3 Å². The lowest BCUT2D eigenvalue weighted by molar-refractivity contribution is 0.507. The number of thioether (sulfide) groups is 1. The third-order valence-corrected chi connectivity index (χ3v) is 4.03. The van der Waals surface area contributed by atoms with Gasteiger partial charge in [-0.1, -0.05) is 12.1 Å². The predicted molar refractivity (Wildman–Crippen MR) is 68.3 cm³/mol. The van der Waals surface area contributed by atoms with Crippen molar-refractivity contribution in [3.8, 4) is 6.07 Å². The average molecular weight is 232 g/mol. The lowest BCUT2D eigenvalue weighted by Crippen LogP contribution is -2.33. The van der Waals surface area contributed by atoms with Crippen LogP contribution in [0.25, 0.3) is 0 Å². The molecule has 1 aliphatic rings. The van der Waals surface area contributed by atoms with E-state index in [9.17, 15) is 0 Å². The second kappa shape index (κ2) is 5.93. The first-order valence-corrected chi connectivity index (χ1v) is 6.84. The molecular weight excluding hydrogens is 216 g/mol. The van der Waals surface area contributed by atoms with Crippen LogP contribution in [0.5, 0.6) is 0 Å². The summed E-state index contributed by atoms with van der Waals surface area (Å²) < 4.78 is 0. The molecule has 0 saturated carbocycles. The van der Waals surface area contributed by atoms with Crippen molar-refractivity contribution < 1.29 is 0 Å². The number of rotatable bonds is 3. The van der Waals surface area contributed by atoms with Crippen molar-refractivity contribution in [2.45, 2.75) is 25.4 Å². The molecule has 0 bridgehead atoms. The maximum Gasteiger partial charge on any atom is 0.0991 e. The fourth-order valence-corrected chi connectivity index (χ4v) is 3.02. The van der Waals surface area contributed by atoms with Crippen LogP contribution in [0.3, 0.4) is 0 Å². The standard InChI is InChI=1S/C13H16N2S/c14-8-11-3-1-4-12(7-11)9-15-13-5-2-6-16-10-13/h1,3-4,7,13,15H,2,5-6,9-10H2. The van der Waals surface area contributed by atoms with Gasteiger partial charge in [0.2, 0.25) is 0 Å². The molecule has 1 heterocycles. The third kappa shape index (κ3) is 3.26. The van der Waals surface area contributed by atoms with Gasteiger partial charge in [-0.05, 0) is 36.3 Å². The minimum absolute atomic E-state index is 0.643. The minimum Gasteiger partial charge on any atom is -0.309 e. The van der Waals surface area contributed by atoms with E-state index < -0.39 is 0 Å². The Labute approximate surface area is 101 Å². The van der Waals surface area contributed by atoms with Gasteiger partial charge in [0.05, 0.1) is 11.6 Å². The van der Waals surface area contributed by atoms with E-state index in [0.717, 1.165) is 12.1 Å². The summed E-state index contributed by atoms with van der Waals surface area (Å²) in [6.07, 6.45) is 2.60. The fraction of sp³-hybridized carbons (Fsp3) is 0.462. The van der Waals surface area contributed by atoms with Gasteiger partial charge < -0.3 is 5.32 Å². The predicted octanol–water partition coefficient (Wildman–Crippen LogP) is 2.54. The molecule has 1 N–H and O–H groups in total. The summed E-state index contributed by atoms with van der Waals surface area (Å²) in [5, 5.41) is 12.4. The normalized spacial score (nSPS) is 20.3. The maximum absolute atomic E-state index is 8.81. The van der Waals surface area contributed by atoms with Crippen molar-refractivity contribution in [2.24, 2.45) is 0 Å². The molecule has 1 aromatic carbocycles. The van der Waals surface area contributed by atoms with E-state index in [1.807, 2.05) is 30.0 Å². The van der Waals surface area contributed by atoms with Crippen LogP contribution in [0, 0.1) is 11.3 Å². The first-order valence-electron chi connectivity index (χ1n) is 5.68. The highest BCUT2D eigenvalue weighted by atomic mass is 32.2. The topological polar surface area (TPSA) is 35.8 Å². The first kappa shape index (κ1) is 11.5. The molecule has 1 fully saturated rings. The zero-order chi connectivity index (χ0) is 11.2. The van der Waals surface area contributed by atoms with E-state index >= 15 is 0 Å². The Kier molecular flexibility index (Phi) is 4.26. The zero-order valence-electron chi connectivity index (χ0n) is 9.28. The van der Waals surface area contributed by atoms with Gasteiger partial charge >= 0.3 is 0 Å². The highest BCUT2D eigenvalue weighted by molar-refractivity contribution is 7.99. The monoisotopic (exact) mass is 232 g/mol. The summed E-state index contributed by atoms with van der Waals surface area (Å²) in [6, 6.07) is 10.6. The van der Waals surface area contributed by atoms with Gasteiger partial charge in [0.15, 0.2) is 0 Å². The molecule has 84 valence electrons. The zero-order valence-corrected chi connectivity index (χ0v) is 10.1. The SMILES string of the molecule is N#Cc1cccc(CNC2CCCSC2)c1. The van der Waals surface area contributed by atoms with Gasteiger partial charge in [0.1, 0.15) is 0 Å². The summed E-state index contributed by atoms with van der Waals surface area (Å²) in [5.41, 5.74) is 1.95. The number of hydrogen-bond acceptors (Lipinski definition) is 3. The number of benzene rings is 1. The molecule has 16 heavy (non-hydrogen) atoms. The van der Waals surface area contributed by atoms with Crippen LogP contribution in [-0.2, 0) is 6.54 Å². The molecule has 1 aromatic rings. The van der Waals surface area contributed by atoms with Crippen molar-refractivity contribution in [3.05, 3.63) is 35.4 Å². The van der Waals surface area contributed by atoms with Gasteiger partial charge in [-0.25, -0.2) is 0 Å². The number of nitrogens with one attached hydrogen (secondary N) is 1. The lowest BCUT2D eigenvalue weighted by Gasteiger charge is -2.22. The third-order valence-electron chi connectivity index (χ3n) is 2.81. The van der Waals surface area contributed by atoms with E-state index in [-0.39, 0.29) is 0 Å². The number of nitriles is 1. The van der Waals surface area contributed by atoms with Crippen molar-refractivity contribution in [1.82, 2.24) is 5.32 Å². The van der Waals surface area contributed by atoms with E-state index in [0.29, 0.717) is 6.04 Å². The molecule has 0 spiro atoms. The second-order valence-electron chi connectivity index (χ2n) is 4.11. The average Bonchev–Trinajstić information content (AvgIpc) is 2.38. The fourth-order valence-electron chi connectivity index (χ4n) is 1.91. The van der Waals surface area contributed by atoms with Crippen LogP contribution >= 0.6 is 11.8 Å². The summed E-state index contributed by atoms with van der Waals surface area (Å²) in [5.74, 6) is 2.53.